The molecule has 0 atom stereocenters. The van der Waals surface area contributed by atoms with Gasteiger partial charge in [-0.2, -0.15) is 0 Å². The summed E-state index contributed by atoms with van der Waals surface area (Å²) in [4.78, 5) is 16.5. The summed E-state index contributed by atoms with van der Waals surface area (Å²) in [5, 5.41) is 18.0. The Morgan fingerprint density at radius 1 is 1.25 bits per heavy atom. The van der Waals surface area contributed by atoms with Crippen LogP contribution in [0.25, 0.3) is 5.65 Å². The SMILES string of the molecule is CCOC(=O)c1nc2c(C)cccn2c1N=Nc1ccccc1O. The molecule has 0 amide bonds. The molecule has 0 radical (unpaired) electrons. The van der Waals surface area contributed by atoms with Crippen LogP contribution in [0.3, 0.4) is 0 Å². The Kier molecular flexibility index (Phi) is 4.24. The van der Waals surface area contributed by atoms with Crippen molar-refractivity contribution < 1.29 is 14.6 Å². The first-order valence-electron chi connectivity index (χ1n) is 7.46. The molecule has 2 aromatic heterocycles. The number of nitrogens with zero attached hydrogens (tertiary/aromatic N) is 4. The highest BCUT2D eigenvalue weighted by molar-refractivity contribution is 5.93. The summed E-state index contributed by atoms with van der Waals surface area (Å²) >= 11 is 0. The molecule has 0 bridgehead atoms. The third-order valence-electron chi connectivity index (χ3n) is 3.42. The Morgan fingerprint density at radius 3 is 2.79 bits per heavy atom. The zero-order chi connectivity index (χ0) is 17.1. The van der Waals surface area contributed by atoms with E-state index in [9.17, 15) is 9.90 Å². The molecule has 122 valence electrons. The third kappa shape index (κ3) is 2.83. The highest BCUT2D eigenvalue weighted by Gasteiger charge is 2.21. The number of pyridine rings is 1. The maximum atomic E-state index is 12.2. The van der Waals surface area contributed by atoms with Crippen LogP contribution in [0, 0.1) is 6.92 Å². The van der Waals surface area contributed by atoms with E-state index in [1.165, 1.54) is 6.07 Å². The van der Waals surface area contributed by atoms with Crippen molar-refractivity contribution in [1.29, 1.82) is 0 Å². The van der Waals surface area contributed by atoms with Crippen molar-refractivity contribution in [2.45, 2.75) is 13.8 Å². The van der Waals surface area contributed by atoms with Crippen molar-refractivity contribution in [3.63, 3.8) is 0 Å². The lowest BCUT2D eigenvalue weighted by atomic mass is 10.3. The molecule has 0 spiro atoms. The van der Waals surface area contributed by atoms with Gasteiger partial charge < -0.3 is 9.84 Å². The maximum absolute atomic E-state index is 12.2. The molecule has 7 nitrogen and oxygen atoms in total. The van der Waals surface area contributed by atoms with Crippen molar-refractivity contribution in [2.75, 3.05) is 6.61 Å². The zero-order valence-corrected chi connectivity index (χ0v) is 13.3. The van der Waals surface area contributed by atoms with Crippen LogP contribution in [-0.2, 0) is 4.74 Å². The average molecular weight is 324 g/mol. The van der Waals surface area contributed by atoms with Crippen molar-refractivity contribution >= 4 is 23.1 Å². The van der Waals surface area contributed by atoms with Gasteiger partial charge in [-0.15, -0.1) is 10.2 Å². The Labute approximate surface area is 138 Å². The van der Waals surface area contributed by atoms with E-state index in [-0.39, 0.29) is 23.9 Å². The minimum absolute atomic E-state index is 0.00364. The quantitative estimate of drug-likeness (QED) is 0.581. The molecule has 0 saturated carbocycles. The number of aryl methyl sites for hydroxylation is 1. The number of hydrogen-bond donors (Lipinski definition) is 1. The topological polar surface area (TPSA) is 88.5 Å². The number of aromatic nitrogens is 2. The third-order valence-corrected chi connectivity index (χ3v) is 3.42. The second-order valence-electron chi connectivity index (χ2n) is 5.08. The number of fused-ring (bicyclic) bond motifs is 1. The number of azo groups is 1. The van der Waals surface area contributed by atoms with Crippen LogP contribution < -0.4 is 0 Å². The summed E-state index contributed by atoms with van der Waals surface area (Å²) in [5.74, 6) is -0.300. The van der Waals surface area contributed by atoms with Gasteiger partial charge in [0, 0.05) is 6.20 Å². The Hall–Kier alpha value is -3.22. The number of benzene rings is 1. The van der Waals surface area contributed by atoms with E-state index < -0.39 is 5.97 Å². The van der Waals surface area contributed by atoms with Gasteiger partial charge in [0.25, 0.3) is 0 Å². The number of para-hydroxylation sites is 1. The van der Waals surface area contributed by atoms with E-state index >= 15 is 0 Å². The van der Waals surface area contributed by atoms with Crippen LogP contribution in [0.2, 0.25) is 0 Å². The molecule has 0 aliphatic rings. The van der Waals surface area contributed by atoms with Crippen molar-refractivity contribution in [1.82, 2.24) is 9.38 Å². The first kappa shape index (κ1) is 15.7. The predicted octanol–water partition coefficient (Wildman–Crippen LogP) is 3.94. The van der Waals surface area contributed by atoms with E-state index in [4.69, 9.17) is 4.74 Å². The number of imidazole rings is 1. The fourth-order valence-corrected chi connectivity index (χ4v) is 2.27. The molecule has 3 aromatic rings. The molecule has 0 unspecified atom stereocenters. The summed E-state index contributed by atoms with van der Waals surface area (Å²) in [6.07, 6.45) is 1.75. The average Bonchev–Trinajstić information content (AvgIpc) is 2.95. The maximum Gasteiger partial charge on any atom is 0.360 e. The molecule has 3 rings (SSSR count). The first-order chi connectivity index (χ1) is 11.6. The number of rotatable bonds is 4. The Balaban J connectivity index is 2.14. The molecule has 1 aromatic carbocycles. The molecule has 1 N–H and O–H groups in total. The summed E-state index contributed by atoms with van der Waals surface area (Å²) in [5.41, 5.74) is 1.89. The molecule has 7 heteroatoms. The Bertz CT molecular complexity index is 931. The predicted molar refractivity (Wildman–Crippen MR) is 88.2 cm³/mol. The number of carbonyl (C=O) groups is 1. The molecule has 0 aliphatic carbocycles. The van der Waals surface area contributed by atoms with E-state index in [2.05, 4.69) is 15.2 Å². The van der Waals surface area contributed by atoms with Gasteiger partial charge in [-0.05, 0) is 37.6 Å². The summed E-state index contributed by atoms with van der Waals surface area (Å²) in [6.45, 7) is 3.85. The lowest BCUT2D eigenvalue weighted by molar-refractivity contribution is 0.0521. The molecule has 0 saturated heterocycles. The largest absolute Gasteiger partial charge is 0.506 e. The van der Waals surface area contributed by atoms with E-state index in [1.54, 1.807) is 35.7 Å². The fraction of sp³-hybridized carbons (Fsp3) is 0.176. The van der Waals surface area contributed by atoms with Crippen LogP contribution in [0.15, 0.2) is 52.8 Å². The lowest BCUT2D eigenvalue weighted by Crippen LogP contribution is -2.05. The van der Waals surface area contributed by atoms with Crippen LogP contribution in [0.1, 0.15) is 23.0 Å². The normalized spacial score (nSPS) is 11.2. The highest BCUT2D eigenvalue weighted by Crippen LogP contribution is 2.29. The van der Waals surface area contributed by atoms with Crippen LogP contribution >= 0.6 is 0 Å². The number of aromatic hydroxyl groups is 1. The van der Waals surface area contributed by atoms with Crippen LogP contribution in [-0.4, -0.2) is 27.1 Å². The van der Waals surface area contributed by atoms with Crippen LogP contribution in [0.4, 0.5) is 11.5 Å². The second kappa shape index (κ2) is 6.49. The summed E-state index contributed by atoms with van der Waals surface area (Å²) < 4.78 is 6.72. The Morgan fingerprint density at radius 2 is 2.04 bits per heavy atom. The van der Waals surface area contributed by atoms with Gasteiger partial charge in [0.1, 0.15) is 17.1 Å². The van der Waals surface area contributed by atoms with Gasteiger partial charge in [0.15, 0.2) is 11.5 Å². The molecule has 0 fully saturated rings. The molecular formula is C17H16N4O3. The summed E-state index contributed by atoms with van der Waals surface area (Å²) in [7, 11) is 0. The number of ether oxygens (including phenoxy) is 1. The van der Waals surface area contributed by atoms with Gasteiger partial charge >= 0.3 is 5.97 Å². The first-order valence-corrected chi connectivity index (χ1v) is 7.46. The number of phenols is 1. The number of hydrogen-bond acceptors (Lipinski definition) is 6. The van der Waals surface area contributed by atoms with Crippen molar-refractivity contribution in [3.05, 3.63) is 53.9 Å². The molecular weight excluding hydrogens is 308 g/mol. The van der Waals surface area contributed by atoms with Gasteiger partial charge in [-0.1, -0.05) is 18.2 Å². The van der Waals surface area contributed by atoms with Crippen molar-refractivity contribution in [3.8, 4) is 5.75 Å². The smallest absolute Gasteiger partial charge is 0.360 e. The fourth-order valence-electron chi connectivity index (χ4n) is 2.27. The van der Waals surface area contributed by atoms with Gasteiger partial charge in [0.05, 0.1) is 6.61 Å². The number of phenolic OH excluding ortho intramolecular Hbond substituents is 1. The minimum atomic E-state index is -0.563. The van der Waals surface area contributed by atoms with Gasteiger partial charge in [-0.3, -0.25) is 4.40 Å². The van der Waals surface area contributed by atoms with Crippen LogP contribution in [0.5, 0.6) is 5.75 Å². The second-order valence-corrected chi connectivity index (χ2v) is 5.08. The van der Waals surface area contributed by atoms with Crippen molar-refractivity contribution in [2.24, 2.45) is 10.2 Å². The van der Waals surface area contributed by atoms with E-state index in [1.807, 2.05) is 19.1 Å². The van der Waals surface area contributed by atoms with E-state index in [0.29, 0.717) is 11.3 Å². The minimum Gasteiger partial charge on any atom is -0.506 e. The molecule has 0 aliphatic heterocycles. The monoisotopic (exact) mass is 324 g/mol. The van der Waals surface area contributed by atoms with Gasteiger partial charge in [0.2, 0.25) is 0 Å². The summed E-state index contributed by atoms with van der Waals surface area (Å²) in [6, 6.07) is 10.3. The zero-order valence-electron chi connectivity index (χ0n) is 13.3. The highest BCUT2D eigenvalue weighted by atomic mass is 16.5. The van der Waals surface area contributed by atoms with Gasteiger partial charge in [-0.25, -0.2) is 9.78 Å². The van der Waals surface area contributed by atoms with E-state index in [0.717, 1.165) is 5.56 Å². The number of esters is 1. The standard InChI is InChI=1S/C17H16N4O3/c1-3-24-17(23)14-16(20-19-12-8-4-5-9-13(12)22)21-10-6-7-11(2)15(21)18-14/h4-10,22H,3H2,1-2H3. The molecule has 2 heterocycles. The lowest BCUT2D eigenvalue weighted by Gasteiger charge is -2.00. The molecule has 24 heavy (non-hydrogen) atoms. The number of carbonyl (C=O) groups excluding carboxylic acids is 1.